The topological polar surface area (TPSA) is 74.8 Å². The summed E-state index contributed by atoms with van der Waals surface area (Å²) in [6, 6.07) is 7.57. The van der Waals surface area contributed by atoms with Crippen LogP contribution in [0.5, 0.6) is 0 Å². The number of nitrogens with one attached hydrogen (secondary N) is 1. The van der Waals surface area contributed by atoms with Gasteiger partial charge in [0, 0.05) is 29.5 Å². The Kier molecular flexibility index (Phi) is 4.19. The summed E-state index contributed by atoms with van der Waals surface area (Å²) in [6.45, 7) is 0.689. The number of hydrogen-bond donors (Lipinski definition) is 1. The van der Waals surface area contributed by atoms with Crippen molar-refractivity contribution >= 4 is 17.5 Å². The fourth-order valence-electron chi connectivity index (χ4n) is 3.30. The van der Waals surface area contributed by atoms with Crippen molar-refractivity contribution in [2.75, 3.05) is 6.54 Å². The molecule has 3 heterocycles. The van der Waals surface area contributed by atoms with Crippen molar-refractivity contribution in [1.82, 2.24) is 25.1 Å². The number of carbonyl (C=O) groups is 1. The molecule has 6 nitrogen and oxygen atoms in total. The van der Waals surface area contributed by atoms with Gasteiger partial charge in [-0.3, -0.25) is 14.9 Å². The van der Waals surface area contributed by atoms with Crippen molar-refractivity contribution in [2.24, 2.45) is 0 Å². The maximum absolute atomic E-state index is 12.8. The first-order valence-electron chi connectivity index (χ1n) is 8.10. The van der Waals surface area contributed by atoms with E-state index in [0.717, 1.165) is 29.7 Å². The van der Waals surface area contributed by atoms with Gasteiger partial charge in [0.2, 0.25) is 0 Å². The highest BCUT2D eigenvalue weighted by atomic mass is 35.5. The zero-order valence-corrected chi connectivity index (χ0v) is 14.1. The van der Waals surface area contributed by atoms with Gasteiger partial charge < -0.3 is 4.90 Å². The summed E-state index contributed by atoms with van der Waals surface area (Å²) in [7, 11) is 0. The van der Waals surface area contributed by atoms with Crippen LogP contribution in [-0.2, 0) is 0 Å². The molecule has 0 spiro atoms. The number of rotatable bonds is 3. The second kappa shape index (κ2) is 6.64. The van der Waals surface area contributed by atoms with E-state index in [1.807, 2.05) is 29.2 Å². The number of aromatic amines is 1. The molecule has 1 fully saturated rings. The Labute approximate surface area is 149 Å². The fraction of sp³-hybridized carbons (Fsp3) is 0.222. The van der Waals surface area contributed by atoms with Gasteiger partial charge in [0.15, 0.2) is 0 Å². The number of benzene rings is 1. The van der Waals surface area contributed by atoms with Crippen LogP contribution in [0.3, 0.4) is 0 Å². The van der Waals surface area contributed by atoms with Gasteiger partial charge in [-0.25, -0.2) is 4.98 Å². The molecule has 126 valence electrons. The van der Waals surface area contributed by atoms with Crippen molar-refractivity contribution in [2.45, 2.75) is 18.9 Å². The Morgan fingerprint density at radius 2 is 2.20 bits per heavy atom. The summed E-state index contributed by atoms with van der Waals surface area (Å²) in [5, 5.41) is 7.95. The molecule has 3 aromatic rings. The van der Waals surface area contributed by atoms with Gasteiger partial charge in [-0.1, -0.05) is 23.7 Å². The van der Waals surface area contributed by atoms with Crippen molar-refractivity contribution in [3.05, 3.63) is 65.5 Å². The normalized spacial score (nSPS) is 17.0. The molecule has 1 saturated heterocycles. The first-order valence-corrected chi connectivity index (χ1v) is 8.48. The summed E-state index contributed by atoms with van der Waals surface area (Å²) >= 11 is 6.12. The molecule has 0 aliphatic carbocycles. The minimum absolute atomic E-state index is 0.0639. The third kappa shape index (κ3) is 3.00. The molecule has 1 aliphatic rings. The van der Waals surface area contributed by atoms with E-state index < -0.39 is 0 Å². The van der Waals surface area contributed by atoms with Gasteiger partial charge in [0.25, 0.3) is 5.91 Å². The molecule has 1 N–H and O–H groups in total. The number of nitrogens with zero attached hydrogens (tertiary/aromatic N) is 4. The fourth-order valence-corrected chi connectivity index (χ4v) is 3.49. The SMILES string of the molecule is O=C(c1cnccn1)N1CCC[C@@H]1c1[nH]ncc1-c1cccc(Cl)c1. The third-order valence-corrected chi connectivity index (χ3v) is 4.67. The molecular weight excluding hydrogens is 338 g/mol. The lowest BCUT2D eigenvalue weighted by Crippen LogP contribution is -2.31. The van der Waals surface area contributed by atoms with Crippen LogP contribution in [0.2, 0.25) is 5.02 Å². The van der Waals surface area contributed by atoms with Crippen LogP contribution in [0.15, 0.2) is 49.1 Å². The molecule has 2 aromatic heterocycles. The second-order valence-corrected chi connectivity index (χ2v) is 6.39. The van der Waals surface area contributed by atoms with Crippen molar-refractivity contribution in [3.63, 3.8) is 0 Å². The van der Waals surface area contributed by atoms with Gasteiger partial charge in [0.05, 0.1) is 24.1 Å². The Balaban J connectivity index is 1.68. The van der Waals surface area contributed by atoms with E-state index in [2.05, 4.69) is 20.2 Å². The molecule has 1 aromatic carbocycles. The number of likely N-dealkylation sites (tertiary alicyclic amines) is 1. The molecule has 1 atom stereocenters. The maximum Gasteiger partial charge on any atom is 0.274 e. The van der Waals surface area contributed by atoms with Gasteiger partial charge in [-0.05, 0) is 30.5 Å². The average molecular weight is 354 g/mol. The van der Waals surface area contributed by atoms with Crippen molar-refractivity contribution in [1.29, 1.82) is 0 Å². The van der Waals surface area contributed by atoms with Crippen molar-refractivity contribution in [3.8, 4) is 11.1 Å². The van der Waals surface area contributed by atoms with Gasteiger partial charge in [0.1, 0.15) is 5.69 Å². The number of amides is 1. The first kappa shape index (κ1) is 15.8. The quantitative estimate of drug-likeness (QED) is 0.782. The summed E-state index contributed by atoms with van der Waals surface area (Å²) < 4.78 is 0. The van der Waals surface area contributed by atoms with Crippen LogP contribution >= 0.6 is 11.6 Å². The summed E-state index contributed by atoms with van der Waals surface area (Å²) in [4.78, 5) is 22.8. The maximum atomic E-state index is 12.8. The minimum atomic E-state index is -0.109. The van der Waals surface area contributed by atoms with E-state index in [-0.39, 0.29) is 11.9 Å². The molecule has 7 heteroatoms. The molecule has 0 radical (unpaired) electrons. The molecule has 0 saturated carbocycles. The van der Waals surface area contributed by atoms with E-state index in [1.165, 1.54) is 12.4 Å². The average Bonchev–Trinajstić information content (AvgIpc) is 3.30. The van der Waals surface area contributed by atoms with Crippen LogP contribution in [-0.4, -0.2) is 37.5 Å². The highest BCUT2D eigenvalue weighted by molar-refractivity contribution is 6.30. The minimum Gasteiger partial charge on any atom is -0.329 e. The van der Waals surface area contributed by atoms with Crippen LogP contribution < -0.4 is 0 Å². The lowest BCUT2D eigenvalue weighted by molar-refractivity contribution is 0.0727. The number of H-pyrrole nitrogens is 1. The highest BCUT2D eigenvalue weighted by Crippen LogP contribution is 2.37. The lowest BCUT2D eigenvalue weighted by Gasteiger charge is -2.24. The Morgan fingerprint density at radius 1 is 1.28 bits per heavy atom. The van der Waals surface area contributed by atoms with Gasteiger partial charge in [-0.15, -0.1) is 0 Å². The Morgan fingerprint density at radius 3 is 3.00 bits per heavy atom. The molecule has 0 bridgehead atoms. The molecule has 25 heavy (non-hydrogen) atoms. The Bertz CT molecular complexity index is 895. The molecule has 1 amide bonds. The van der Waals surface area contributed by atoms with Crippen molar-refractivity contribution < 1.29 is 4.79 Å². The predicted octanol–water partition coefficient (Wildman–Crippen LogP) is 3.50. The van der Waals surface area contributed by atoms with Gasteiger partial charge in [-0.2, -0.15) is 5.10 Å². The van der Waals surface area contributed by atoms with Crippen LogP contribution in [0.1, 0.15) is 35.1 Å². The number of hydrogen-bond acceptors (Lipinski definition) is 4. The van der Waals surface area contributed by atoms with E-state index in [4.69, 9.17) is 11.6 Å². The third-order valence-electron chi connectivity index (χ3n) is 4.43. The largest absolute Gasteiger partial charge is 0.329 e. The van der Waals surface area contributed by atoms with E-state index in [9.17, 15) is 4.79 Å². The summed E-state index contributed by atoms with van der Waals surface area (Å²) in [6.07, 6.45) is 8.19. The van der Waals surface area contributed by atoms with E-state index >= 15 is 0 Å². The standard InChI is InChI=1S/C18H16ClN5O/c19-13-4-1-3-12(9-13)14-10-22-23-17(14)16-5-2-8-24(16)18(25)15-11-20-6-7-21-15/h1,3-4,6-7,9-11,16H,2,5,8H2,(H,22,23)/t16-/m1/s1. The number of aromatic nitrogens is 4. The van der Waals surface area contributed by atoms with Crippen LogP contribution in [0, 0.1) is 0 Å². The second-order valence-electron chi connectivity index (χ2n) is 5.95. The lowest BCUT2D eigenvalue weighted by atomic mass is 10.0. The molecule has 1 aliphatic heterocycles. The molecule has 0 unspecified atom stereocenters. The highest BCUT2D eigenvalue weighted by Gasteiger charge is 2.33. The number of halogens is 1. The summed E-state index contributed by atoms with van der Waals surface area (Å²) in [5.74, 6) is -0.109. The van der Waals surface area contributed by atoms with Gasteiger partial charge >= 0.3 is 0 Å². The molecular formula is C18H16ClN5O. The van der Waals surface area contributed by atoms with Crippen LogP contribution in [0.4, 0.5) is 0 Å². The number of carbonyl (C=O) groups excluding carboxylic acids is 1. The predicted molar refractivity (Wildman–Crippen MR) is 94.1 cm³/mol. The zero-order valence-electron chi connectivity index (χ0n) is 13.4. The van der Waals surface area contributed by atoms with E-state index in [1.54, 1.807) is 12.4 Å². The molecule has 4 rings (SSSR count). The zero-order chi connectivity index (χ0) is 17.2. The smallest absolute Gasteiger partial charge is 0.274 e. The first-order chi connectivity index (χ1) is 12.2. The van der Waals surface area contributed by atoms with E-state index in [0.29, 0.717) is 17.3 Å². The Hall–Kier alpha value is -2.73. The monoisotopic (exact) mass is 353 g/mol. The van der Waals surface area contributed by atoms with Crippen LogP contribution in [0.25, 0.3) is 11.1 Å². The summed E-state index contributed by atoms with van der Waals surface area (Å²) in [5.41, 5.74) is 3.23.